The molecule has 0 aromatic rings. The summed E-state index contributed by atoms with van der Waals surface area (Å²) in [6.45, 7) is 6.72. The van der Waals surface area contributed by atoms with Crippen LogP contribution in [0.1, 0.15) is 72.1 Å². The average molecular weight is 395 g/mol. The molecule has 3 rings (SSSR count). The van der Waals surface area contributed by atoms with E-state index in [1.807, 2.05) is 0 Å². The number of nitrogens with one attached hydrogen (secondary N) is 2. The Labute approximate surface area is 168 Å². The highest BCUT2D eigenvalue weighted by molar-refractivity contribution is 5.87. The van der Waals surface area contributed by atoms with Crippen LogP contribution in [0.15, 0.2) is 0 Å². The second-order valence-corrected chi connectivity index (χ2v) is 10.1. The third-order valence-corrected chi connectivity index (χ3v) is 8.49. The van der Waals surface area contributed by atoms with Crippen molar-refractivity contribution in [3.05, 3.63) is 0 Å². The van der Waals surface area contributed by atoms with Gasteiger partial charge >= 0.3 is 0 Å². The first-order chi connectivity index (χ1) is 13.2. The lowest BCUT2D eigenvalue weighted by Gasteiger charge is -2.37. The van der Waals surface area contributed by atoms with E-state index in [9.17, 15) is 19.8 Å². The van der Waals surface area contributed by atoms with Crippen molar-refractivity contribution < 1.29 is 19.8 Å². The van der Waals surface area contributed by atoms with Crippen LogP contribution in [0.25, 0.3) is 0 Å². The van der Waals surface area contributed by atoms with Gasteiger partial charge in [0.05, 0.1) is 12.7 Å². The van der Waals surface area contributed by atoms with Crippen LogP contribution in [-0.2, 0) is 9.59 Å². The molecule has 3 fully saturated rings. The largest absolute Gasteiger partial charge is 0.394 e. The summed E-state index contributed by atoms with van der Waals surface area (Å²) in [6, 6.07) is -0.921. The Bertz CT molecular complexity index is 587. The normalized spacial score (nSPS) is 35.5. The van der Waals surface area contributed by atoms with Crippen LogP contribution in [0, 0.1) is 28.6 Å². The third kappa shape index (κ3) is 3.82. The number of fused-ring (bicyclic) bond motifs is 2. The summed E-state index contributed by atoms with van der Waals surface area (Å²) in [5.74, 6) is 0.148. The van der Waals surface area contributed by atoms with Gasteiger partial charge in [0.15, 0.2) is 0 Å². The molecular weight excluding hydrogens is 356 g/mol. The van der Waals surface area contributed by atoms with Gasteiger partial charge in [0.25, 0.3) is 0 Å². The lowest BCUT2D eigenvalue weighted by atomic mass is 9.70. The zero-order valence-electron chi connectivity index (χ0n) is 17.7. The molecule has 160 valence electrons. The van der Waals surface area contributed by atoms with Crippen molar-refractivity contribution in [3.8, 4) is 0 Å². The SMILES string of the molecule is CC1(C)C2CCC1(C)C(O)C2CC(=O)NC(CO)C(=O)NCC1CCCCC1. The van der Waals surface area contributed by atoms with Crippen LogP contribution in [0.2, 0.25) is 0 Å². The second kappa shape index (κ2) is 8.31. The topological polar surface area (TPSA) is 98.7 Å². The monoisotopic (exact) mass is 394 g/mol. The minimum absolute atomic E-state index is 0.00507. The molecule has 0 spiro atoms. The Morgan fingerprint density at radius 2 is 1.79 bits per heavy atom. The standard InChI is InChI=1S/C22H38N2O4/c1-21(2)16-9-10-22(21,3)19(27)15(16)11-18(26)24-17(13-25)20(28)23-12-14-7-5-4-6-8-14/h14-17,19,25,27H,4-13H2,1-3H3,(H,23,28)(H,24,26). The molecule has 6 heteroatoms. The molecule has 3 aliphatic rings. The number of carbonyl (C=O) groups is 2. The first kappa shape index (κ1) is 21.6. The van der Waals surface area contributed by atoms with Gasteiger partial charge in [-0.2, -0.15) is 0 Å². The van der Waals surface area contributed by atoms with E-state index in [0.717, 1.165) is 25.7 Å². The van der Waals surface area contributed by atoms with Crippen LogP contribution in [0.4, 0.5) is 0 Å². The number of hydrogen-bond donors (Lipinski definition) is 4. The Morgan fingerprint density at radius 3 is 2.36 bits per heavy atom. The summed E-state index contributed by atoms with van der Waals surface area (Å²) in [5.41, 5.74) is -0.151. The fourth-order valence-corrected chi connectivity index (χ4v) is 6.21. The van der Waals surface area contributed by atoms with Crippen molar-refractivity contribution in [2.75, 3.05) is 13.2 Å². The number of rotatable bonds is 7. The fourth-order valence-electron chi connectivity index (χ4n) is 6.21. The second-order valence-electron chi connectivity index (χ2n) is 10.1. The summed E-state index contributed by atoms with van der Waals surface area (Å²) in [7, 11) is 0. The van der Waals surface area contributed by atoms with Gasteiger partial charge in [0.2, 0.25) is 11.8 Å². The summed E-state index contributed by atoms with van der Waals surface area (Å²) in [4.78, 5) is 25.0. The molecule has 0 heterocycles. The zero-order valence-corrected chi connectivity index (χ0v) is 17.7. The number of hydrogen-bond acceptors (Lipinski definition) is 4. The van der Waals surface area contributed by atoms with E-state index < -0.39 is 18.8 Å². The highest BCUT2D eigenvalue weighted by Crippen LogP contribution is 2.68. The molecule has 5 atom stereocenters. The zero-order chi connectivity index (χ0) is 20.5. The number of amides is 2. The Morgan fingerprint density at radius 1 is 1.11 bits per heavy atom. The molecule has 3 aliphatic carbocycles. The lowest BCUT2D eigenvalue weighted by molar-refractivity contribution is -0.131. The van der Waals surface area contributed by atoms with Gasteiger partial charge in [-0.25, -0.2) is 0 Å². The van der Waals surface area contributed by atoms with Crippen molar-refractivity contribution >= 4 is 11.8 Å². The summed E-state index contributed by atoms with van der Waals surface area (Å²) in [6.07, 6.45) is 7.68. The van der Waals surface area contributed by atoms with Crippen molar-refractivity contribution in [1.82, 2.24) is 10.6 Å². The third-order valence-electron chi connectivity index (χ3n) is 8.49. The quantitative estimate of drug-likeness (QED) is 0.531. The highest BCUT2D eigenvalue weighted by Gasteiger charge is 2.65. The average Bonchev–Trinajstić information content (AvgIpc) is 2.98. The molecular formula is C22H38N2O4. The number of aliphatic hydroxyl groups excluding tert-OH is 2. The van der Waals surface area contributed by atoms with Crippen molar-refractivity contribution in [3.63, 3.8) is 0 Å². The van der Waals surface area contributed by atoms with E-state index in [1.54, 1.807) is 0 Å². The van der Waals surface area contributed by atoms with Gasteiger partial charge in [-0.15, -0.1) is 0 Å². The van der Waals surface area contributed by atoms with Crippen molar-refractivity contribution in [1.29, 1.82) is 0 Å². The van der Waals surface area contributed by atoms with Crippen molar-refractivity contribution in [2.45, 2.75) is 84.3 Å². The lowest BCUT2D eigenvalue weighted by Crippen LogP contribution is -2.50. The van der Waals surface area contributed by atoms with Gasteiger partial charge in [-0.1, -0.05) is 40.0 Å². The van der Waals surface area contributed by atoms with Gasteiger partial charge in [0, 0.05) is 13.0 Å². The van der Waals surface area contributed by atoms with E-state index in [0.29, 0.717) is 18.4 Å². The van der Waals surface area contributed by atoms with E-state index in [-0.39, 0.29) is 35.0 Å². The maximum atomic E-state index is 12.6. The van der Waals surface area contributed by atoms with E-state index in [1.165, 1.54) is 19.3 Å². The highest BCUT2D eigenvalue weighted by atomic mass is 16.3. The maximum Gasteiger partial charge on any atom is 0.244 e. The fraction of sp³-hybridized carbons (Fsp3) is 0.909. The van der Waals surface area contributed by atoms with Crippen LogP contribution < -0.4 is 10.6 Å². The van der Waals surface area contributed by atoms with E-state index >= 15 is 0 Å². The smallest absolute Gasteiger partial charge is 0.244 e. The molecule has 2 amide bonds. The van der Waals surface area contributed by atoms with Gasteiger partial charge in [-0.3, -0.25) is 9.59 Å². The minimum Gasteiger partial charge on any atom is -0.394 e. The molecule has 0 radical (unpaired) electrons. The molecule has 28 heavy (non-hydrogen) atoms. The van der Waals surface area contributed by atoms with Gasteiger partial charge < -0.3 is 20.8 Å². The molecule has 3 saturated carbocycles. The Kier molecular flexibility index (Phi) is 6.40. The first-order valence-corrected chi connectivity index (χ1v) is 11.1. The van der Waals surface area contributed by atoms with Crippen LogP contribution in [0.3, 0.4) is 0 Å². The summed E-state index contributed by atoms with van der Waals surface area (Å²) >= 11 is 0. The van der Waals surface area contributed by atoms with Crippen LogP contribution in [0.5, 0.6) is 0 Å². The molecule has 0 aliphatic heterocycles. The maximum absolute atomic E-state index is 12.6. The predicted octanol–water partition coefficient (Wildman–Crippen LogP) is 1.98. The van der Waals surface area contributed by atoms with E-state index in [2.05, 4.69) is 31.4 Å². The Hall–Kier alpha value is -1.14. The first-order valence-electron chi connectivity index (χ1n) is 11.1. The molecule has 0 aromatic carbocycles. The van der Waals surface area contributed by atoms with Crippen molar-refractivity contribution in [2.24, 2.45) is 28.6 Å². The number of aliphatic hydroxyl groups is 2. The number of carbonyl (C=O) groups excluding carboxylic acids is 2. The Balaban J connectivity index is 1.51. The summed E-state index contributed by atoms with van der Waals surface area (Å²) < 4.78 is 0. The molecule has 6 nitrogen and oxygen atoms in total. The minimum atomic E-state index is -0.921. The van der Waals surface area contributed by atoms with Crippen LogP contribution in [-0.4, -0.2) is 47.3 Å². The van der Waals surface area contributed by atoms with Gasteiger partial charge in [-0.05, 0) is 54.3 Å². The van der Waals surface area contributed by atoms with E-state index in [4.69, 9.17) is 0 Å². The summed E-state index contributed by atoms with van der Waals surface area (Å²) in [5, 5.41) is 26.0. The molecule has 0 saturated heterocycles. The molecule has 4 N–H and O–H groups in total. The molecule has 5 unspecified atom stereocenters. The molecule has 0 aromatic heterocycles. The predicted molar refractivity (Wildman–Crippen MR) is 107 cm³/mol. The molecule has 2 bridgehead atoms. The van der Waals surface area contributed by atoms with Gasteiger partial charge in [0.1, 0.15) is 6.04 Å². The van der Waals surface area contributed by atoms with Crippen LogP contribution >= 0.6 is 0 Å².